The highest BCUT2D eigenvalue weighted by Gasteiger charge is 2.41. The van der Waals surface area contributed by atoms with E-state index in [0.29, 0.717) is 38.2 Å². The minimum atomic E-state index is -3.63. The van der Waals surface area contributed by atoms with Crippen molar-refractivity contribution in [2.75, 3.05) is 37.7 Å². The Morgan fingerprint density at radius 2 is 1.88 bits per heavy atom. The molecule has 2 aromatic carbocycles. The van der Waals surface area contributed by atoms with E-state index in [2.05, 4.69) is 4.90 Å². The van der Waals surface area contributed by atoms with Gasteiger partial charge in [0.2, 0.25) is 15.9 Å². The molecule has 3 atom stereocenters. The summed E-state index contributed by atoms with van der Waals surface area (Å²) in [5.41, 5.74) is 1.87. The largest absolute Gasteiger partial charge is 0.369 e. The second-order valence-electron chi connectivity index (χ2n) is 9.39. The highest BCUT2D eigenvalue weighted by Crippen LogP contribution is 2.38. The van der Waals surface area contributed by atoms with Crippen molar-refractivity contribution in [3.8, 4) is 0 Å². The van der Waals surface area contributed by atoms with Gasteiger partial charge >= 0.3 is 0 Å². The van der Waals surface area contributed by atoms with Gasteiger partial charge in [0, 0.05) is 43.5 Å². The van der Waals surface area contributed by atoms with Gasteiger partial charge < -0.3 is 14.5 Å². The second kappa shape index (κ2) is 9.28. The van der Waals surface area contributed by atoms with E-state index in [9.17, 15) is 13.2 Å². The Bertz CT molecular complexity index is 1160. The number of piperazine rings is 1. The lowest BCUT2D eigenvalue weighted by molar-refractivity contribution is -0.148. The van der Waals surface area contributed by atoms with Crippen molar-refractivity contribution >= 4 is 21.6 Å². The fraction of sp³-hybridized carbons (Fsp3) is 0.480. The van der Waals surface area contributed by atoms with Crippen LogP contribution in [0.2, 0.25) is 0 Å². The van der Waals surface area contributed by atoms with Crippen molar-refractivity contribution in [2.45, 2.75) is 43.6 Å². The predicted molar refractivity (Wildman–Crippen MR) is 127 cm³/mol. The summed E-state index contributed by atoms with van der Waals surface area (Å²) in [6.07, 6.45) is 1.29. The molecule has 0 radical (unpaired) electrons. The predicted octanol–water partition coefficient (Wildman–Crippen LogP) is 2.93. The molecule has 3 fully saturated rings. The van der Waals surface area contributed by atoms with Crippen LogP contribution in [0.4, 0.5) is 10.1 Å². The minimum Gasteiger partial charge on any atom is -0.369 e. The number of anilines is 1. The highest BCUT2D eigenvalue weighted by atomic mass is 32.2. The summed E-state index contributed by atoms with van der Waals surface area (Å²) in [6.45, 7) is 4.30. The first-order chi connectivity index (χ1) is 16.3. The van der Waals surface area contributed by atoms with Crippen LogP contribution in [-0.4, -0.2) is 68.5 Å². The molecule has 0 bridgehead atoms. The molecular weight excluding hydrogens is 457 g/mol. The molecule has 7 nitrogen and oxygen atoms in total. The number of carbonyl (C=O) groups is 1. The molecule has 3 aliphatic heterocycles. The van der Waals surface area contributed by atoms with Crippen LogP contribution in [0.3, 0.4) is 0 Å². The number of benzene rings is 2. The lowest BCUT2D eigenvalue weighted by Crippen LogP contribution is -2.60. The summed E-state index contributed by atoms with van der Waals surface area (Å²) >= 11 is 0. The molecule has 0 aliphatic carbocycles. The topological polar surface area (TPSA) is 70.2 Å². The van der Waals surface area contributed by atoms with Crippen LogP contribution in [0.1, 0.15) is 36.1 Å². The molecular formula is C25H30FN3O4S. The van der Waals surface area contributed by atoms with E-state index in [1.54, 1.807) is 6.07 Å². The summed E-state index contributed by atoms with van der Waals surface area (Å²) in [5, 5.41) is -0.607. The monoisotopic (exact) mass is 487 g/mol. The zero-order chi connectivity index (χ0) is 23.9. The molecule has 182 valence electrons. The van der Waals surface area contributed by atoms with Gasteiger partial charge in [0.05, 0.1) is 12.6 Å². The molecule has 0 aromatic heterocycles. The Morgan fingerprint density at radius 3 is 2.65 bits per heavy atom. The van der Waals surface area contributed by atoms with Crippen LogP contribution < -0.4 is 4.90 Å². The number of fused-ring (bicyclic) bond motifs is 1. The average molecular weight is 488 g/mol. The first-order valence-corrected chi connectivity index (χ1v) is 13.3. The number of amides is 1. The normalized spacial score (nSPS) is 27.5. The number of hydrogen-bond acceptors (Lipinski definition) is 5. The van der Waals surface area contributed by atoms with Gasteiger partial charge in [-0.15, -0.1) is 0 Å². The number of nitrogens with zero attached hydrogens (tertiary/aromatic N) is 3. The Morgan fingerprint density at radius 1 is 1.09 bits per heavy atom. The third kappa shape index (κ3) is 4.32. The van der Waals surface area contributed by atoms with Crippen molar-refractivity contribution in [2.24, 2.45) is 0 Å². The summed E-state index contributed by atoms with van der Waals surface area (Å²) in [6, 6.07) is 14.0. The van der Waals surface area contributed by atoms with Crippen molar-refractivity contribution in [1.29, 1.82) is 0 Å². The first kappa shape index (κ1) is 23.3. The Hall–Kier alpha value is -2.49. The van der Waals surface area contributed by atoms with Gasteiger partial charge in [-0.2, -0.15) is 4.31 Å². The minimum absolute atomic E-state index is 0.00287. The van der Waals surface area contributed by atoms with E-state index in [1.165, 1.54) is 10.4 Å². The molecule has 3 aliphatic rings. The maximum Gasteiger partial charge on any atom is 0.249 e. The van der Waals surface area contributed by atoms with E-state index in [-0.39, 0.29) is 31.1 Å². The van der Waals surface area contributed by atoms with Crippen LogP contribution in [-0.2, 0) is 26.1 Å². The molecule has 3 saturated heterocycles. The zero-order valence-corrected chi connectivity index (χ0v) is 20.1. The number of morpholine rings is 1. The van der Waals surface area contributed by atoms with Crippen molar-refractivity contribution in [3.63, 3.8) is 0 Å². The number of ether oxygens (including phenoxy) is 1. The standard InChI is InChI=1S/C25H30FN3O4S/c1-18-7-10-24(19-5-3-2-4-6-19)34(31,32)29(18)14-20-8-9-21(13-23(20)26)27-11-12-28-22(15-27)16-33-17-25(28)30/h2-6,8-9,13,18,22,24H,7,10-12,14-17H2,1H3/t18-,22?,24?/m0/s1. The van der Waals surface area contributed by atoms with Gasteiger partial charge in [-0.1, -0.05) is 36.4 Å². The molecule has 1 amide bonds. The van der Waals surface area contributed by atoms with Crippen molar-refractivity contribution < 1.29 is 22.3 Å². The van der Waals surface area contributed by atoms with Gasteiger partial charge in [-0.05, 0) is 37.5 Å². The molecule has 2 unspecified atom stereocenters. The van der Waals surface area contributed by atoms with E-state index in [0.717, 1.165) is 17.7 Å². The average Bonchev–Trinajstić information content (AvgIpc) is 2.83. The van der Waals surface area contributed by atoms with E-state index >= 15 is 4.39 Å². The van der Waals surface area contributed by atoms with Crippen LogP contribution >= 0.6 is 0 Å². The molecule has 0 N–H and O–H groups in total. The molecule has 0 spiro atoms. The lowest BCUT2D eigenvalue weighted by Gasteiger charge is -2.44. The van der Waals surface area contributed by atoms with Crippen LogP contribution in [0.5, 0.6) is 0 Å². The van der Waals surface area contributed by atoms with Crippen molar-refractivity contribution in [3.05, 3.63) is 65.5 Å². The van der Waals surface area contributed by atoms with Gasteiger partial charge in [0.25, 0.3) is 0 Å². The maximum absolute atomic E-state index is 15.2. The third-order valence-electron chi connectivity index (χ3n) is 7.26. The second-order valence-corrected chi connectivity index (χ2v) is 11.5. The maximum atomic E-state index is 15.2. The lowest BCUT2D eigenvalue weighted by atomic mass is 10.0. The molecule has 2 aromatic rings. The smallest absolute Gasteiger partial charge is 0.249 e. The Labute approximate surface area is 200 Å². The molecule has 0 saturated carbocycles. The summed E-state index contributed by atoms with van der Waals surface area (Å²) in [4.78, 5) is 15.9. The molecule has 3 heterocycles. The summed E-state index contributed by atoms with van der Waals surface area (Å²) in [5.74, 6) is -0.414. The molecule has 34 heavy (non-hydrogen) atoms. The van der Waals surface area contributed by atoms with E-state index < -0.39 is 21.1 Å². The number of hydrogen-bond donors (Lipinski definition) is 0. The Kier molecular flexibility index (Phi) is 6.35. The third-order valence-corrected chi connectivity index (χ3v) is 9.63. The fourth-order valence-corrected chi connectivity index (χ4v) is 7.49. The van der Waals surface area contributed by atoms with Gasteiger partial charge in [0.15, 0.2) is 0 Å². The SMILES string of the molecule is C[C@H]1CCC(c2ccccc2)S(=O)(=O)N1Cc1ccc(N2CCN3C(=O)COCC3C2)cc1F. The fourth-order valence-electron chi connectivity index (χ4n) is 5.31. The molecule has 5 rings (SSSR count). The van der Waals surface area contributed by atoms with Crippen LogP contribution in [0, 0.1) is 5.82 Å². The van der Waals surface area contributed by atoms with Crippen LogP contribution in [0.15, 0.2) is 48.5 Å². The van der Waals surface area contributed by atoms with E-state index in [1.807, 2.05) is 48.2 Å². The summed E-state index contributed by atoms with van der Waals surface area (Å²) in [7, 11) is -3.63. The highest BCUT2D eigenvalue weighted by molar-refractivity contribution is 7.89. The van der Waals surface area contributed by atoms with Gasteiger partial charge in [0.1, 0.15) is 17.7 Å². The molecule has 9 heteroatoms. The van der Waals surface area contributed by atoms with E-state index in [4.69, 9.17) is 4.74 Å². The zero-order valence-electron chi connectivity index (χ0n) is 19.3. The number of sulfonamides is 1. The number of carbonyl (C=O) groups excluding carboxylic acids is 1. The number of rotatable bonds is 4. The van der Waals surface area contributed by atoms with Gasteiger partial charge in [-0.3, -0.25) is 4.79 Å². The van der Waals surface area contributed by atoms with Crippen molar-refractivity contribution in [1.82, 2.24) is 9.21 Å². The summed E-state index contributed by atoms with van der Waals surface area (Å²) < 4.78 is 49.0. The van der Waals surface area contributed by atoms with Gasteiger partial charge in [-0.25, -0.2) is 12.8 Å². The Balaban J connectivity index is 1.33. The number of halogens is 1. The quantitative estimate of drug-likeness (QED) is 0.663. The first-order valence-electron chi connectivity index (χ1n) is 11.8. The van der Waals surface area contributed by atoms with Crippen LogP contribution in [0.25, 0.3) is 0 Å².